The van der Waals surface area contributed by atoms with E-state index in [9.17, 15) is 4.79 Å². The number of carbonyl (C=O) groups excluding carboxylic acids is 1. The summed E-state index contributed by atoms with van der Waals surface area (Å²) in [5, 5.41) is 6.00. The van der Waals surface area contributed by atoms with Crippen LogP contribution in [0.15, 0.2) is 100 Å². The van der Waals surface area contributed by atoms with Gasteiger partial charge in [0.2, 0.25) is 0 Å². The van der Waals surface area contributed by atoms with Crippen molar-refractivity contribution >= 4 is 34.7 Å². The van der Waals surface area contributed by atoms with Crippen LogP contribution in [0.2, 0.25) is 0 Å². The van der Waals surface area contributed by atoms with Gasteiger partial charge in [-0.15, -0.1) is 11.3 Å². The predicted molar refractivity (Wildman–Crippen MR) is 113 cm³/mol. The summed E-state index contributed by atoms with van der Waals surface area (Å²) in [5.41, 5.74) is 2.47. The first-order chi connectivity index (χ1) is 13.3. The molecular formula is C22H16N2OS2. The zero-order valence-corrected chi connectivity index (χ0v) is 16.0. The molecule has 2 aromatic carbocycles. The van der Waals surface area contributed by atoms with Crippen molar-refractivity contribution in [2.24, 2.45) is 0 Å². The van der Waals surface area contributed by atoms with Crippen molar-refractivity contribution in [2.75, 3.05) is 5.32 Å². The number of thiophene rings is 1. The summed E-state index contributed by atoms with van der Waals surface area (Å²) in [4.78, 5) is 19.2. The van der Waals surface area contributed by atoms with Gasteiger partial charge in [0.25, 0.3) is 5.91 Å². The van der Waals surface area contributed by atoms with E-state index < -0.39 is 0 Å². The average Bonchev–Trinajstić information content (AvgIpc) is 3.24. The molecule has 0 spiro atoms. The third-order valence-electron chi connectivity index (χ3n) is 3.94. The monoisotopic (exact) mass is 388 g/mol. The van der Waals surface area contributed by atoms with Gasteiger partial charge in [-0.3, -0.25) is 4.79 Å². The Morgan fingerprint density at radius 3 is 2.44 bits per heavy atom. The number of amides is 1. The molecule has 27 heavy (non-hydrogen) atoms. The van der Waals surface area contributed by atoms with E-state index >= 15 is 0 Å². The SMILES string of the molecule is O=C(Nc1ccccc1-c1cccs1)c1ccc(Sc2ccccn2)cc1. The van der Waals surface area contributed by atoms with Gasteiger partial charge >= 0.3 is 0 Å². The fraction of sp³-hybridized carbons (Fsp3) is 0. The molecule has 0 aliphatic heterocycles. The maximum absolute atomic E-state index is 12.7. The summed E-state index contributed by atoms with van der Waals surface area (Å²) >= 11 is 3.23. The molecule has 0 aliphatic rings. The fourth-order valence-electron chi connectivity index (χ4n) is 2.64. The maximum Gasteiger partial charge on any atom is 0.255 e. The van der Waals surface area contributed by atoms with Crippen molar-refractivity contribution in [1.82, 2.24) is 4.98 Å². The van der Waals surface area contributed by atoms with Gasteiger partial charge in [-0.1, -0.05) is 42.1 Å². The molecule has 0 fully saturated rings. The molecule has 0 saturated carbocycles. The topological polar surface area (TPSA) is 42.0 Å². The lowest BCUT2D eigenvalue weighted by Gasteiger charge is -2.10. The molecule has 2 aromatic heterocycles. The quantitative estimate of drug-likeness (QED) is 0.442. The molecule has 1 N–H and O–H groups in total. The molecule has 3 nitrogen and oxygen atoms in total. The van der Waals surface area contributed by atoms with Crippen molar-refractivity contribution in [3.63, 3.8) is 0 Å². The molecule has 1 amide bonds. The Hall–Kier alpha value is -2.89. The van der Waals surface area contributed by atoms with Crippen LogP contribution < -0.4 is 5.32 Å². The van der Waals surface area contributed by atoms with E-state index in [2.05, 4.69) is 16.4 Å². The number of para-hydroxylation sites is 1. The predicted octanol–water partition coefficient (Wildman–Crippen LogP) is 6.21. The Morgan fingerprint density at radius 2 is 1.70 bits per heavy atom. The molecule has 0 unspecified atom stereocenters. The number of rotatable bonds is 5. The largest absolute Gasteiger partial charge is 0.321 e. The second-order valence-corrected chi connectivity index (χ2v) is 7.81. The van der Waals surface area contributed by atoms with Crippen LogP contribution in [0, 0.1) is 0 Å². The minimum Gasteiger partial charge on any atom is -0.321 e. The van der Waals surface area contributed by atoms with Crippen LogP contribution in [-0.4, -0.2) is 10.9 Å². The zero-order valence-electron chi connectivity index (χ0n) is 14.3. The highest BCUT2D eigenvalue weighted by Crippen LogP contribution is 2.32. The van der Waals surface area contributed by atoms with Gasteiger partial charge in [0.05, 0.1) is 0 Å². The van der Waals surface area contributed by atoms with E-state index in [0.29, 0.717) is 5.56 Å². The van der Waals surface area contributed by atoms with Crippen molar-refractivity contribution in [1.29, 1.82) is 0 Å². The molecule has 4 aromatic rings. The Morgan fingerprint density at radius 1 is 0.889 bits per heavy atom. The van der Waals surface area contributed by atoms with E-state index in [0.717, 1.165) is 26.0 Å². The highest BCUT2D eigenvalue weighted by Gasteiger charge is 2.11. The first-order valence-electron chi connectivity index (χ1n) is 8.43. The third-order valence-corrected chi connectivity index (χ3v) is 5.80. The normalized spacial score (nSPS) is 10.5. The Balaban J connectivity index is 1.49. The number of carbonyl (C=O) groups is 1. The number of pyridine rings is 1. The van der Waals surface area contributed by atoms with Gasteiger partial charge in [0.15, 0.2) is 0 Å². The fourth-order valence-corrected chi connectivity index (χ4v) is 4.18. The van der Waals surface area contributed by atoms with Crippen LogP contribution in [0.3, 0.4) is 0 Å². The number of nitrogens with zero attached hydrogens (tertiary/aromatic N) is 1. The van der Waals surface area contributed by atoms with Crippen LogP contribution in [0.1, 0.15) is 10.4 Å². The lowest BCUT2D eigenvalue weighted by atomic mass is 10.1. The van der Waals surface area contributed by atoms with Gasteiger partial charge in [0.1, 0.15) is 5.03 Å². The van der Waals surface area contributed by atoms with Gasteiger partial charge in [-0.25, -0.2) is 4.98 Å². The first-order valence-corrected chi connectivity index (χ1v) is 10.1. The van der Waals surface area contributed by atoms with Crippen molar-refractivity contribution in [3.8, 4) is 10.4 Å². The highest BCUT2D eigenvalue weighted by molar-refractivity contribution is 7.99. The Labute approximate surface area is 166 Å². The van der Waals surface area contributed by atoms with Gasteiger partial charge < -0.3 is 5.32 Å². The molecule has 2 heterocycles. The molecule has 0 radical (unpaired) electrons. The number of benzene rings is 2. The first kappa shape index (κ1) is 17.5. The molecule has 0 bridgehead atoms. The van der Waals surface area contributed by atoms with Gasteiger partial charge in [-0.2, -0.15) is 0 Å². The van der Waals surface area contributed by atoms with E-state index in [1.165, 1.54) is 0 Å². The number of anilines is 1. The van der Waals surface area contributed by atoms with Gasteiger partial charge in [-0.05, 0) is 53.9 Å². The highest BCUT2D eigenvalue weighted by atomic mass is 32.2. The maximum atomic E-state index is 12.7. The minimum atomic E-state index is -0.117. The van der Waals surface area contributed by atoms with E-state index in [4.69, 9.17) is 0 Å². The van der Waals surface area contributed by atoms with Crippen molar-refractivity contribution < 1.29 is 4.79 Å². The van der Waals surface area contributed by atoms with Crippen LogP contribution in [0.4, 0.5) is 5.69 Å². The van der Waals surface area contributed by atoms with Crippen molar-refractivity contribution in [3.05, 3.63) is 96.0 Å². The van der Waals surface area contributed by atoms with Crippen LogP contribution in [-0.2, 0) is 0 Å². The molecule has 0 aliphatic carbocycles. The van der Waals surface area contributed by atoms with Crippen LogP contribution >= 0.6 is 23.1 Å². The Kier molecular flexibility index (Phi) is 5.32. The smallest absolute Gasteiger partial charge is 0.255 e. The summed E-state index contributed by atoms with van der Waals surface area (Å²) in [5.74, 6) is -0.117. The average molecular weight is 389 g/mol. The second-order valence-electron chi connectivity index (χ2n) is 5.77. The van der Waals surface area contributed by atoms with Crippen LogP contribution in [0.25, 0.3) is 10.4 Å². The number of hydrogen-bond acceptors (Lipinski definition) is 4. The summed E-state index contributed by atoms with van der Waals surface area (Å²) in [6, 6.07) is 25.3. The Bertz CT molecular complexity index is 1030. The number of hydrogen-bond donors (Lipinski definition) is 1. The van der Waals surface area contributed by atoms with Gasteiger partial charge in [0, 0.05) is 32.8 Å². The molecular weight excluding hydrogens is 372 g/mol. The number of aromatic nitrogens is 1. The molecule has 0 saturated heterocycles. The van der Waals surface area contributed by atoms with Crippen LogP contribution in [0.5, 0.6) is 0 Å². The van der Waals surface area contributed by atoms with E-state index in [1.54, 1.807) is 29.3 Å². The minimum absolute atomic E-state index is 0.117. The molecule has 132 valence electrons. The summed E-state index contributed by atoms with van der Waals surface area (Å²) in [6.07, 6.45) is 1.77. The zero-order chi connectivity index (χ0) is 18.5. The standard InChI is InChI=1S/C22H16N2OS2/c25-22(24-19-7-2-1-6-18(19)20-8-5-15-26-20)16-10-12-17(13-11-16)27-21-9-3-4-14-23-21/h1-15H,(H,24,25). The molecule has 0 atom stereocenters. The lowest BCUT2D eigenvalue weighted by molar-refractivity contribution is 0.102. The summed E-state index contributed by atoms with van der Waals surface area (Å²) in [6.45, 7) is 0. The summed E-state index contributed by atoms with van der Waals surface area (Å²) in [7, 11) is 0. The second kappa shape index (κ2) is 8.20. The summed E-state index contributed by atoms with van der Waals surface area (Å²) < 4.78 is 0. The number of nitrogens with one attached hydrogen (secondary N) is 1. The molecule has 5 heteroatoms. The third kappa shape index (κ3) is 4.27. The lowest BCUT2D eigenvalue weighted by Crippen LogP contribution is -2.12. The van der Waals surface area contributed by atoms with E-state index in [-0.39, 0.29) is 5.91 Å². The van der Waals surface area contributed by atoms with Crippen molar-refractivity contribution in [2.45, 2.75) is 9.92 Å². The molecule has 4 rings (SSSR count). The van der Waals surface area contributed by atoms with E-state index in [1.807, 2.05) is 78.2 Å².